The minimum Gasteiger partial charge on any atom is -0.287 e. The largest absolute Gasteiger partial charge is 0.416 e. The number of nitrogens with zero attached hydrogens (tertiary/aromatic N) is 1. The first-order valence-corrected chi connectivity index (χ1v) is 23.7. The molecule has 0 atom stereocenters. The number of benzene rings is 8. The van der Waals surface area contributed by atoms with Crippen molar-refractivity contribution in [2.24, 2.45) is 0 Å². The number of fused-ring (bicyclic) bond motifs is 3. The molecule has 440 valence electrons. The molecule has 9 rings (SSSR count). The van der Waals surface area contributed by atoms with Gasteiger partial charge in [-0.1, -0.05) is 115 Å². The fourth-order valence-electron chi connectivity index (χ4n) is 9.91. The summed E-state index contributed by atoms with van der Waals surface area (Å²) in [6.07, 6.45) is -50.8. The van der Waals surface area contributed by atoms with E-state index in [-0.39, 0.29) is 5.78 Å². The van der Waals surface area contributed by atoms with Crippen LogP contribution in [0.15, 0.2) is 170 Å². The summed E-state index contributed by atoms with van der Waals surface area (Å²) in [5.41, 5.74) is -29.4. The molecule has 0 bridgehead atoms. The maximum absolute atomic E-state index is 14.2. The Kier molecular flexibility index (Phi) is 15.8. The van der Waals surface area contributed by atoms with Crippen LogP contribution in [0.5, 0.6) is 0 Å². The Morgan fingerprint density at radius 3 is 0.833 bits per heavy atom. The number of carbonyl (C=O) groups is 1. The maximum atomic E-state index is 14.2. The molecule has 0 unspecified atom stereocenters. The quantitative estimate of drug-likeness (QED) is 0.0512. The molecule has 0 fully saturated rings. The van der Waals surface area contributed by atoms with E-state index >= 15 is 0 Å². The predicted molar refractivity (Wildman–Crippen MR) is 260 cm³/mol. The van der Waals surface area contributed by atoms with E-state index < -0.39 is 195 Å². The first-order valence-electron chi connectivity index (χ1n) is 23.7. The number of rotatable bonds is 7. The third kappa shape index (κ3) is 12.9. The summed E-state index contributed by atoms with van der Waals surface area (Å²) >= 11 is 0. The van der Waals surface area contributed by atoms with E-state index in [1.807, 2.05) is 65.5 Å². The lowest BCUT2D eigenvalue weighted by Crippen LogP contribution is -2.75. The van der Waals surface area contributed by atoms with Crippen molar-refractivity contribution in [2.45, 2.75) is 56.0 Å². The van der Waals surface area contributed by atoms with Crippen molar-refractivity contribution in [3.8, 4) is 0 Å². The lowest BCUT2D eigenvalue weighted by Gasteiger charge is -2.46. The van der Waals surface area contributed by atoms with Crippen LogP contribution in [0.2, 0.25) is 0 Å². The number of alkyl halides is 24. The molecule has 0 aliphatic carbocycles. The second-order valence-electron chi connectivity index (χ2n) is 19.1. The summed E-state index contributed by atoms with van der Waals surface area (Å²) in [5, 5.41) is 6.55. The first kappa shape index (κ1) is 61.8. The second-order valence-corrected chi connectivity index (χ2v) is 19.1. The standard InChI is InChI=1S/C32H12BF24.C25H18NO/c34-25(35,36)13-1-14(26(37,38)39)6-21(5-13)33(22-7-15(27(40,41)42)2-16(8-22)28(43,44)45,23-9-17(29(46,47)48)3-18(10-23)30(49,50)51)24-11-19(31(52,53)54)4-20(12-24)32(55,56)57;27-24(17-26-14-13-18-7-1-2-10-21(18)16-26)25-22-11-5-3-8-19(22)15-20-9-4-6-12-23(20)25/h1-12H;1-16H,17H2/q-1;+1. The van der Waals surface area contributed by atoms with Crippen molar-refractivity contribution in [2.75, 3.05) is 0 Å². The van der Waals surface area contributed by atoms with E-state index in [2.05, 4.69) is 36.4 Å². The normalized spacial score (nSPS) is 13.3. The minimum absolute atomic E-state index is 0.128. The summed E-state index contributed by atoms with van der Waals surface area (Å²) in [6, 6.07) is 19.9. The summed E-state index contributed by atoms with van der Waals surface area (Å²) in [5.74, 6) is 0.128. The molecule has 0 amide bonds. The van der Waals surface area contributed by atoms with Gasteiger partial charge in [0.1, 0.15) is 6.15 Å². The molecule has 27 heteroatoms. The van der Waals surface area contributed by atoms with E-state index in [0.717, 1.165) is 32.5 Å². The molecule has 2 nitrogen and oxygen atoms in total. The fraction of sp³-hybridized carbons (Fsp3) is 0.158. The van der Waals surface area contributed by atoms with E-state index in [4.69, 9.17) is 0 Å². The maximum Gasteiger partial charge on any atom is 0.416 e. The predicted octanol–water partition coefficient (Wildman–Crippen LogP) is 16.5. The van der Waals surface area contributed by atoms with Crippen LogP contribution in [-0.4, -0.2) is 11.9 Å². The topological polar surface area (TPSA) is 20.9 Å². The molecule has 0 aliphatic rings. The SMILES string of the molecule is FC(F)(F)c1cc([B-](c2cc(C(F)(F)F)cc(C(F)(F)F)c2)(c2cc(C(F)(F)F)cc(C(F)(F)F)c2)c2cc(C(F)(F)F)cc(C(F)(F)F)c2)cc(C(F)(F)F)c1.O=C(C[n+]1ccc2ccccc2c1)c1c2ccccc2cc2ccccc12. The van der Waals surface area contributed by atoms with E-state index in [0.29, 0.717) is 6.54 Å². The first-order chi connectivity index (χ1) is 38.6. The van der Waals surface area contributed by atoms with Gasteiger partial charge in [-0.25, -0.2) is 0 Å². The third-order valence-electron chi connectivity index (χ3n) is 13.6. The van der Waals surface area contributed by atoms with Gasteiger partial charge in [-0.2, -0.15) is 132 Å². The number of halogens is 24. The monoisotopic (exact) mass is 1210 g/mol. The zero-order valence-electron chi connectivity index (χ0n) is 41.4. The highest BCUT2D eigenvalue weighted by Crippen LogP contribution is 2.42. The highest BCUT2D eigenvalue weighted by Gasteiger charge is 2.47. The lowest BCUT2D eigenvalue weighted by atomic mass is 9.12. The molecule has 9 aromatic rings. The average Bonchev–Trinajstić information content (AvgIpc) is 0.751. The Morgan fingerprint density at radius 1 is 0.310 bits per heavy atom. The Hall–Kier alpha value is -8.26. The number of ketones is 1. The number of hydrogen-bond donors (Lipinski definition) is 0. The van der Waals surface area contributed by atoms with Crippen LogP contribution >= 0.6 is 0 Å². The van der Waals surface area contributed by atoms with E-state index in [1.54, 1.807) is 0 Å². The smallest absolute Gasteiger partial charge is 0.287 e. The number of hydrogen-bond acceptors (Lipinski definition) is 1. The van der Waals surface area contributed by atoms with Crippen LogP contribution in [0.4, 0.5) is 105 Å². The molecule has 0 N–H and O–H groups in total. The van der Waals surface area contributed by atoms with Crippen LogP contribution < -0.4 is 26.4 Å². The summed E-state index contributed by atoms with van der Waals surface area (Å²) in [4.78, 5) is 13.4. The summed E-state index contributed by atoms with van der Waals surface area (Å²) < 4.78 is 343. The van der Waals surface area contributed by atoms with Gasteiger partial charge >= 0.3 is 49.4 Å². The van der Waals surface area contributed by atoms with Crippen molar-refractivity contribution in [1.29, 1.82) is 0 Å². The van der Waals surface area contributed by atoms with Crippen molar-refractivity contribution < 1.29 is 115 Å². The number of pyridine rings is 1. The molecule has 84 heavy (non-hydrogen) atoms. The highest BCUT2D eigenvalue weighted by atomic mass is 19.4. The van der Waals surface area contributed by atoms with Gasteiger partial charge in [-0.05, 0) is 63.3 Å². The van der Waals surface area contributed by atoms with Gasteiger partial charge in [0.25, 0.3) is 0 Å². The van der Waals surface area contributed by atoms with Crippen LogP contribution in [0.3, 0.4) is 0 Å². The molecule has 1 aromatic heterocycles. The summed E-state index contributed by atoms with van der Waals surface area (Å²) in [7, 11) is 0. The van der Waals surface area contributed by atoms with Crippen LogP contribution in [0, 0.1) is 0 Å². The molecular weight excluding hydrogens is 1180 g/mol. The highest BCUT2D eigenvalue weighted by molar-refractivity contribution is 7.20. The van der Waals surface area contributed by atoms with Crippen molar-refractivity contribution in [3.63, 3.8) is 0 Å². The van der Waals surface area contributed by atoms with Gasteiger partial charge in [0.15, 0.2) is 12.4 Å². The van der Waals surface area contributed by atoms with E-state index in [9.17, 15) is 110 Å². The number of carbonyl (C=O) groups excluding carboxylic acids is 1. The minimum atomic E-state index is -6.13. The Balaban J connectivity index is 0.000000280. The molecular formula is C57H30BF24NO. The molecule has 0 saturated heterocycles. The Bertz CT molecular complexity index is 3480. The van der Waals surface area contributed by atoms with Gasteiger partial charge in [-0.3, -0.25) is 4.79 Å². The van der Waals surface area contributed by atoms with Crippen LogP contribution in [0.1, 0.15) is 54.9 Å². The molecule has 0 radical (unpaired) electrons. The Morgan fingerprint density at radius 2 is 0.560 bits per heavy atom. The summed E-state index contributed by atoms with van der Waals surface area (Å²) in [6.45, 7) is 0.322. The van der Waals surface area contributed by atoms with E-state index in [1.165, 1.54) is 5.39 Å². The van der Waals surface area contributed by atoms with Gasteiger partial charge in [0.05, 0.1) is 44.5 Å². The average molecular weight is 1210 g/mol. The number of Topliss-reactive ketones (excluding diaryl/α,β-unsaturated/α-hetero) is 1. The lowest BCUT2D eigenvalue weighted by molar-refractivity contribution is -0.681. The zero-order chi connectivity index (χ0) is 62.1. The number of aromatic nitrogens is 1. The van der Waals surface area contributed by atoms with Crippen molar-refractivity contribution in [1.82, 2.24) is 0 Å². The zero-order valence-corrected chi connectivity index (χ0v) is 41.4. The van der Waals surface area contributed by atoms with Gasteiger partial charge in [-0.15, -0.1) is 0 Å². The van der Waals surface area contributed by atoms with Gasteiger partial charge < -0.3 is 0 Å². The molecule has 0 aliphatic heterocycles. The van der Waals surface area contributed by atoms with Crippen LogP contribution in [-0.2, 0) is 56.0 Å². The third-order valence-corrected chi connectivity index (χ3v) is 13.6. The van der Waals surface area contributed by atoms with Crippen molar-refractivity contribution >= 4 is 66.1 Å². The van der Waals surface area contributed by atoms with Gasteiger partial charge in [0.2, 0.25) is 12.3 Å². The molecule has 0 spiro atoms. The molecule has 1 heterocycles. The van der Waals surface area contributed by atoms with Gasteiger partial charge in [0, 0.05) is 17.0 Å². The Labute approximate surface area is 456 Å². The van der Waals surface area contributed by atoms with Crippen molar-refractivity contribution in [3.05, 3.63) is 220 Å². The molecule has 0 saturated carbocycles. The fourth-order valence-corrected chi connectivity index (χ4v) is 9.91. The molecule has 8 aromatic carbocycles. The second kappa shape index (κ2) is 21.4. The van der Waals surface area contributed by atoms with Crippen LogP contribution in [0.25, 0.3) is 32.3 Å².